The quantitative estimate of drug-likeness (QED) is 0.203. The molecule has 0 aromatic carbocycles. The van der Waals surface area contributed by atoms with Crippen molar-refractivity contribution in [2.24, 2.45) is 5.73 Å². The number of aliphatic hydroxyl groups is 8. The molecule has 1 saturated heterocycles. The van der Waals surface area contributed by atoms with Crippen LogP contribution in [0.25, 0.3) is 0 Å². The number of hydrogen-bond donors (Lipinski definition) is 9. The normalized spacial score (nSPS) is 37.2. The number of nitrogens with two attached hydrogens (primary N) is 1. The number of rotatable bonds is 8. The van der Waals surface area contributed by atoms with E-state index in [0.717, 1.165) is 0 Å². The molecule has 138 valence electrons. The Morgan fingerprint density at radius 2 is 1.57 bits per heavy atom. The molecule has 0 radical (unpaired) electrons. The maximum absolute atomic E-state index is 9.89. The Bertz CT molecular complexity index is 346. The lowest BCUT2D eigenvalue weighted by molar-refractivity contribution is -0.326. The summed E-state index contributed by atoms with van der Waals surface area (Å²) in [5, 5.41) is 76.3. The first kappa shape index (κ1) is 20.6. The van der Waals surface area contributed by atoms with Crippen molar-refractivity contribution in [2.45, 2.75) is 55.1 Å². The Balaban J connectivity index is 2.89. The van der Waals surface area contributed by atoms with Gasteiger partial charge in [0.15, 0.2) is 6.29 Å². The molecule has 1 fully saturated rings. The minimum Gasteiger partial charge on any atom is -0.394 e. The second-order valence-electron chi connectivity index (χ2n) is 5.34. The van der Waals surface area contributed by atoms with Gasteiger partial charge in [-0.1, -0.05) is 0 Å². The summed E-state index contributed by atoms with van der Waals surface area (Å²) in [4.78, 5) is 0. The van der Waals surface area contributed by atoms with Crippen molar-refractivity contribution in [2.75, 3.05) is 19.8 Å². The van der Waals surface area contributed by atoms with Gasteiger partial charge in [-0.05, 0) is 0 Å². The van der Waals surface area contributed by atoms with Gasteiger partial charge in [-0.15, -0.1) is 0 Å². The van der Waals surface area contributed by atoms with Crippen LogP contribution in [0.5, 0.6) is 0 Å². The summed E-state index contributed by atoms with van der Waals surface area (Å²) in [6.45, 7) is -1.89. The van der Waals surface area contributed by atoms with E-state index < -0.39 is 68.3 Å². The van der Waals surface area contributed by atoms with Crippen molar-refractivity contribution in [1.82, 2.24) is 0 Å². The van der Waals surface area contributed by atoms with Gasteiger partial charge in [-0.25, -0.2) is 0 Å². The van der Waals surface area contributed by atoms with Gasteiger partial charge >= 0.3 is 0 Å². The van der Waals surface area contributed by atoms with Gasteiger partial charge in [0.1, 0.15) is 42.7 Å². The molecule has 1 heterocycles. The van der Waals surface area contributed by atoms with E-state index in [2.05, 4.69) is 0 Å². The molecular formula is C12H25NO10. The third-order valence-corrected chi connectivity index (χ3v) is 3.68. The zero-order valence-corrected chi connectivity index (χ0v) is 12.3. The van der Waals surface area contributed by atoms with Crippen molar-refractivity contribution < 1.29 is 50.3 Å². The summed E-state index contributed by atoms with van der Waals surface area (Å²) in [5.74, 6) is 0. The van der Waals surface area contributed by atoms with Crippen molar-refractivity contribution in [1.29, 1.82) is 0 Å². The lowest BCUT2D eigenvalue weighted by atomic mass is 9.98. The van der Waals surface area contributed by atoms with Crippen molar-refractivity contribution in [3.63, 3.8) is 0 Å². The summed E-state index contributed by atoms with van der Waals surface area (Å²) in [6.07, 6.45) is -14.4. The van der Waals surface area contributed by atoms with Gasteiger partial charge in [0.25, 0.3) is 0 Å². The minimum atomic E-state index is -1.77. The number of aliphatic hydroxyl groups excluding tert-OH is 8. The van der Waals surface area contributed by atoms with Crippen LogP contribution in [0.2, 0.25) is 0 Å². The van der Waals surface area contributed by atoms with E-state index >= 15 is 0 Å². The van der Waals surface area contributed by atoms with E-state index in [4.69, 9.17) is 25.4 Å². The first-order chi connectivity index (χ1) is 10.8. The number of ether oxygens (including phenoxy) is 2. The Labute approximate surface area is 132 Å². The van der Waals surface area contributed by atoms with Crippen LogP contribution in [0.1, 0.15) is 0 Å². The van der Waals surface area contributed by atoms with E-state index in [1.165, 1.54) is 0 Å². The lowest BCUT2D eigenvalue weighted by Crippen LogP contribution is -2.61. The van der Waals surface area contributed by atoms with E-state index in [1.807, 2.05) is 0 Å². The second-order valence-corrected chi connectivity index (χ2v) is 5.34. The first-order valence-electron chi connectivity index (χ1n) is 7.09. The standard InChI is InChI=1S/C12H25NO10/c13-1-4(16)11(7(18)5(17)2-14)23-12-10(21)9(20)8(19)6(3-15)22-12/h4-12,14-21H,1-3,13H2/t4-,5-,6+,7+,8+,9-,10+,11+,12+/m0/s1. The van der Waals surface area contributed by atoms with Crippen LogP contribution < -0.4 is 5.73 Å². The molecule has 0 amide bonds. The van der Waals surface area contributed by atoms with Gasteiger partial charge < -0.3 is 56.1 Å². The minimum absolute atomic E-state index is 0.378. The summed E-state index contributed by atoms with van der Waals surface area (Å²) < 4.78 is 10.3. The van der Waals surface area contributed by atoms with Gasteiger partial charge in [0.2, 0.25) is 0 Å². The van der Waals surface area contributed by atoms with E-state index in [1.54, 1.807) is 0 Å². The third kappa shape index (κ3) is 4.78. The van der Waals surface area contributed by atoms with Crippen molar-refractivity contribution in [3.05, 3.63) is 0 Å². The third-order valence-electron chi connectivity index (χ3n) is 3.68. The van der Waals surface area contributed by atoms with Crippen LogP contribution >= 0.6 is 0 Å². The molecule has 0 spiro atoms. The molecule has 0 saturated carbocycles. The van der Waals surface area contributed by atoms with Crippen LogP contribution in [0.4, 0.5) is 0 Å². The van der Waals surface area contributed by atoms with Gasteiger partial charge in [-0.3, -0.25) is 0 Å². The van der Waals surface area contributed by atoms with Crippen molar-refractivity contribution >= 4 is 0 Å². The molecule has 1 aliphatic heterocycles. The molecule has 0 unspecified atom stereocenters. The zero-order chi connectivity index (χ0) is 17.7. The molecule has 11 heteroatoms. The maximum Gasteiger partial charge on any atom is 0.187 e. The molecule has 0 aromatic heterocycles. The average molecular weight is 343 g/mol. The fourth-order valence-corrected chi connectivity index (χ4v) is 2.19. The summed E-state index contributed by atoms with van der Waals surface area (Å²) in [7, 11) is 0. The molecule has 0 bridgehead atoms. The smallest absolute Gasteiger partial charge is 0.187 e. The molecule has 11 nitrogen and oxygen atoms in total. The van der Waals surface area contributed by atoms with E-state index in [0.29, 0.717) is 0 Å². The van der Waals surface area contributed by atoms with Crippen LogP contribution in [-0.2, 0) is 9.47 Å². The highest BCUT2D eigenvalue weighted by Crippen LogP contribution is 2.24. The highest BCUT2D eigenvalue weighted by atomic mass is 16.7. The Morgan fingerprint density at radius 3 is 2.04 bits per heavy atom. The summed E-state index contributed by atoms with van der Waals surface area (Å²) in [6, 6.07) is 0. The molecular weight excluding hydrogens is 318 g/mol. The second kappa shape index (κ2) is 9.15. The Hall–Kier alpha value is -0.440. The fourth-order valence-electron chi connectivity index (χ4n) is 2.19. The zero-order valence-electron chi connectivity index (χ0n) is 12.3. The summed E-state index contributed by atoms with van der Waals surface area (Å²) in [5.41, 5.74) is 5.28. The predicted molar refractivity (Wildman–Crippen MR) is 72.8 cm³/mol. The molecule has 1 rings (SSSR count). The maximum atomic E-state index is 9.89. The Morgan fingerprint density at radius 1 is 0.957 bits per heavy atom. The molecule has 1 aliphatic rings. The predicted octanol–water partition coefficient (Wildman–Crippen LogP) is -5.79. The van der Waals surface area contributed by atoms with Crippen LogP contribution in [0.3, 0.4) is 0 Å². The van der Waals surface area contributed by atoms with E-state index in [9.17, 15) is 30.6 Å². The fraction of sp³-hybridized carbons (Fsp3) is 1.00. The van der Waals surface area contributed by atoms with Crippen LogP contribution in [-0.4, -0.2) is 116 Å². The highest BCUT2D eigenvalue weighted by molar-refractivity contribution is 4.91. The monoisotopic (exact) mass is 343 g/mol. The largest absolute Gasteiger partial charge is 0.394 e. The van der Waals surface area contributed by atoms with E-state index in [-0.39, 0.29) is 6.54 Å². The average Bonchev–Trinajstić information content (AvgIpc) is 2.57. The van der Waals surface area contributed by atoms with Gasteiger partial charge in [-0.2, -0.15) is 0 Å². The highest BCUT2D eigenvalue weighted by Gasteiger charge is 2.46. The van der Waals surface area contributed by atoms with Crippen LogP contribution in [0.15, 0.2) is 0 Å². The molecule has 0 aliphatic carbocycles. The topological polar surface area (TPSA) is 206 Å². The molecule has 10 N–H and O–H groups in total. The lowest BCUT2D eigenvalue weighted by Gasteiger charge is -2.42. The molecule has 23 heavy (non-hydrogen) atoms. The Kier molecular flexibility index (Phi) is 8.20. The molecule has 0 aromatic rings. The SMILES string of the molecule is NC[C@H](O)[C@@H](O[C@H]1O[C@H](CO)[C@@H](O)[C@H](O)[C@H]1O)[C@H](O)[C@@H](O)CO. The molecule has 9 atom stereocenters. The summed E-state index contributed by atoms with van der Waals surface area (Å²) >= 11 is 0. The van der Waals surface area contributed by atoms with Gasteiger partial charge in [0, 0.05) is 6.54 Å². The van der Waals surface area contributed by atoms with Gasteiger partial charge in [0.05, 0.1) is 19.3 Å². The van der Waals surface area contributed by atoms with Crippen molar-refractivity contribution in [3.8, 4) is 0 Å². The number of hydrogen-bond acceptors (Lipinski definition) is 11. The van der Waals surface area contributed by atoms with Crippen LogP contribution in [0, 0.1) is 0 Å². The first-order valence-corrected chi connectivity index (χ1v) is 7.09.